The summed E-state index contributed by atoms with van der Waals surface area (Å²) in [7, 11) is 1.67. The van der Waals surface area contributed by atoms with Gasteiger partial charge in [-0.15, -0.1) is 5.10 Å². The van der Waals surface area contributed by atoms with Crippen LogP contribution in [0.3, 0.4) is 0 Å². The van der Waals surface area contributed by atoms with E-state index in [4.69, 9.17) is 0 Å². The number of carboxylic acids is 1. The van der Waals surface area contributed by atoms with Crippen LogP contribution in [-0.4, -0.2) is 30.6 Å². The molecule has 4 aromatic rings. The minimum Gasteiger partial charge on any atom is -0.478 e. The third-order valence-electron chi connectivity index (χ3n) is 4.21. The molecule has 0 aliphatic carbocycles. The van der Waals surface area contributed by atoms with Gasteiger partial charge in [-0.2, -0.15) is 13.2 Å². The summed E-state index contributed by atoms with van der Waals surface area (Å²) in [6, 6.07) is 9.24. The van der Waals surface area contributed by atoms with Crippen molar-refractivity contribution >= 4 is 28.0 Å². The van der Waals surface area contributed by atoms with Gasteiger partial charge in [0.15, 0.2) is 5.65 Å². The van der Waals surface area contributed by atoms with E-state index in [-0.39, 0.29) is 5.56 Å². The Bertz CT molecular complexity index is 1160. The zero-order valence-electron chi connectivity index (χ0n) is 13.3. The third kappa shape index (κ3) is 2.32. The van der Waals surface area contributed by atoms with E-state index in [9.17, 15) is 23.1 Å². The molecule has 0 atom stereocenters. The van der Waals surface area contributed by atoms with Gasteiger partial charge in [0, 0.05) is 18.1 Å². The van der Waals surface area contributed by atoms with Gasteiger partial charge in [-0.05, 0) is 42.5 Å². The van der Waals surface area contributed by atoms with Crippen LogP contribution in [0.15, 0.2) is 42.5 Å². The lowest BCUT2D eigenvalue weighted by Crippen LogP contribution is -2.05. The first-order chi connectivity index (χ1) is 12.3. The number of alkyl halides is 3. The predicted octanol–water partition coefficient (Wildman–Crippen LogP) is 3.63. The smallest absolute Gasteiger partial charge is 0.416 e. The minimum atomic E-state index is -4.42. The molecule has 6 nitrogen and oxygen atoms in total. The van der Waals surface area contributed by atoms with E-state index in [0.29, 0.717) is 27.8 Å². The van der Waals surface area contributed by atoms with Crippen molar-refractivity contribution in [2.24, 2.45) is 7.05 Å². The summed E-state index contributed by atoms with van der Waals surface area (Å²) in [6.45, 7) is 0. The molecule has 9 heteroatoms. The Balaban J connectivity index is 2.01. The molecule has 132 valence electrons. The molecule has 1 N–H and O–H groups in total. The topological polar surface area (TPSA) is 72.9 Å². The van der Waals surface area contributed by atoms with Gasteiger partial charge in [0.1, 0.15) is 5.52 Å². The van der Waals surface area contributed by atoms with E-state index in [0.717, 1.165) is 12.1 Å². The number of aryl methyl sites for hydroxylation is 1. The standard InChI is InChI=1S/C17H11F3N4O2/c1-23-14-12-8-9(16(25)26)2-7-13(12)24(15(14)21-22-23)11-5-3-10(4-6-11)17(18,19)20/h2-8H,1H3,(H,25,26). The third-order valence-corrected chi connectivity index (χ3v) is 4.21. The first kappa shape index (κ1) is 16.1. The first-order valence-corrected chi connectivity index (χ1v) is 7.52. The largest absolute Gasteiger partial charge is 0.478 e. The quantitative estimate of drug-likeness (QED) is 0.592. The molecule has 0 radical (unpaired) electrons. The maximum Gasteiger partial charge on any atom is 0.416 e. The second-order valence-corrected chi connectivity index (χ2v) is 5.80. The molecule has 26 heavy (non-hydrogen) atoms. The molecule has 2 aromatic carbocycles. The highest BCUT2D eigenvalue weighted by atomic mass is 19.4. The van der Waals surface area contributed by atoms with Crippen molar-refractivity contribution in [2.75, 3.05) is 0 Å². The Morgan fingerprint density at radius 3 is 2.42 bits per heavy atom. The average Bonchev–Trinajstić information content (AvgIpc) is 3.11. The maximum absolute atomic E-state index is 12.8. The van der Waals surface area contributed by atoms with Crippen LogP contribution in [0.25, 0.3) is 27.8 Å². The number of aromatic carboxylic acids is 1. The number of hydrogen-bond donors (Lipinski definition) is 1. The van der Waals surface area contributed by atoms with Crippen LogP contribution >= 0.6 is 0 Å². The number of halogens is 3. The molecule has 0 aliphatic heterocycles. The van der Waals surface area contributed by atoms with Gasteiger partial charge in [0.25, 0.3) is 0 Å². The number of fused-ring (bicyclic) bond motifs is 3. The van der Waals surface area contributed by atoms with Crippen molar-refractivity contribution in [3.8, 4) is 5.69 Å². The molecule has 0 aliphatic rings. The Morgan fingerprint density at radius 1 is 1.12 bits per heavy atom. The van der Waals surface area contributed by atoms with Crippen LogP contribution in [0, 0.1) is 0 Å². The number of aromatic nitrogens is 4. The molecule has 0 spiro atoms. The van der Waals surface area contributed by atoms with Crippen molar-refractivity contribution in [1.29, 1.82) is 0 Å². The van der Waals surface area contributed by atoms with Crippen LogP contribution in [-0.2, 0) is 13.2 Å². The molecule has 4 rings (SSSR count). The van der Waals surface area contributed by atoms with Gasteiger partial charge < -0.3 is 5.11 Å². The van der Waals surface area contributed by atoms with E-state index in [1.165, 1.54) is 28.9 Å². The van der Waals surface area contributed by atoms with Crippen LogP contribution in [0.5, 0.6) is 0 Å². The highest BCUT2D eigenvalue weighted by Crippen LogP contribution is 2.33. The van der Waals surface area contributed by atoms with E-state index in [1.807, 2.05) is 0 Å². The Hall–Kier alpha value is -3.36. The first-order valence-electron chi connectivity index (χ1n) is 7.52. The zero-order valence-corrected chi connectivity index (χ0v) is 13.3. The van der Waals surface area contributed by atoms with Crippen LogP contribution in [0.2, 0.25) is 0 Å². The normalized spacial score (nSPS) is 12.2. The summed E-state index contributed by atoms with van der Waals surface area (Å²) in [5.74, 6) is -1.07. The summed E-state index contributed by atoms with van der Waals surface area (Å²) in [5, 5.41) is 17.8. The number of rotatable bonds is 2. The SMILES string of the molecule is Cn1nnc2c1c1cc(C(=O)O)ccc1n2-c1ccc(C(F)(F)F)cc1. The fourth-order valence-corrected chi connectivity index (χ4v) is 3.02. The van der Waals surface area contributed by atoms with E-state index >= 15 is 0 Å². The number of carboxylic acid groups (broad SMARTS) is 1. The Kier molecular flexibility index (Phi) is 3.30. The molecule has 0 amide bonds. The zero-order chi connectivity index (χ0) is 18.6. The van der Waals surface area contributed by atoms with E-state index in [1.54, 1.807) is 17.7 Å². The lowest BCUT2D eigenvalue weighted by molar-refractivity contribution is -0.137. The van der Waals surface area contributed by atoms with E-state index in [2.05, 4.69) is 10.3 Å². The van der Waals surface area contributed by atoms with Gasteiger partial charge in [0.2, 0.25) is 0 Å². The molecular weight excluding hydrogens is 349 g/mol. The Labute approximate surface area is 144 Å². The fourth-order valence-electron chi connectivity index (χ4n) is 3.02. The molecule has 0 fully saturated rings. The average molecular weight is 360 g/mol. The molecule has 2 aromatic heterocycles. The van der Waals surface area contributed by atoms with Crippen LogP contribution < -0.4 is 0 Å². The highest BCUT2D eigenvalue weighted by Gasteiger charge is 2.30. The van der Waals surface area contributed by atoms with Gasteiger partial charge in [-0.1, -0.05) is 5.21 Å². The molecular formula is C17H11F3N4O2. The van der Waals surface area contributed by atoms with Crippen molar-refractivity contribution < 1.29 is 23.1 Å². The van der Waals surface area contributed by atoms with Gasteiger partial charge in [-0.25, -0.2) is 9.48 Å². The second-order valence-electron chi connectivity index (χ2n) is 5.80. The van der Waals surface area contributed by atoms with Crippen molar-refractivity contribution in [3.05, 3.63) is 53.6 Å². The molecule has 0 saturated heterocycles. The predicted molar refractivity (Wildman–Crippen MR) is 87.3 cm³/mol. The monoisotopic (exact) mass is 360 g/mol. The summed E-state index contributed by atoms with van der Waals surface area (Å²) in [6.07, 6.45) is -4.42. The van der Waals surface area contributed by atoms with Gasteiger partial charge in [0.05, 0.1) is 16.6 Å². The number of hydrogen-bond acceptors (Lipinski definition) is 3. The van der Waals surface area contributed by atoms with Gasteiger partial charge >= 0.3 is 12.1 Å². The number of benzene rings is 2. The fraction of sp³-hybridized carbons (Fsp3) is 0.118. The summed E-state index contributed by atoms with van der Waals surface area (Å²) < 4.78 is 41.6. The summed E-state index contributed by atoms with van der Waals surface area (Å²) in [5.41, 5.74) is 1.49. The van der Waals surface area contributed by atoms with Crippen molar-refractivity contribution in [2.45, 2.75) is 6.18 Å². The number of carbonyl (C=O) groups is 1. The Morgan fingerprint density at radius 2 is 1.81 bits per heavy atom. The molecule has 0 bridgehead atoms. The molecule has 0 unspecified atom stereocenters. The minimum absolute atomic E-state index is 0.102. The summed E-state index contributed by atoms with van der Waals surface area (Å²) in [4.78, 5) is 11.3. The number of nitrogens with zero attached hydrogens (tertiary/aromatic N) is 4. The van der Waals surface area contributed by atoms with Crippen LogP contribution in [0.4, 0.5) is 13.2 Å². The van der Waals surface area contributed by atoms with Gasteiger partial charge in [-0.3, -0.25) is 4.57 Å². The summed E-state index contributed by atoms with van der Waals surface area (Å²) >= 11 is 0. The second kappa shape index (κ2) is 5.32. The van der Waals surface area contributed by atoms with Crippen molar-refractivity contribution in [3.63, 3.8) is 0 Å². The molecule has 0 saturated carbocycles. The lowest BCUT2D eigenvalue weighted by atomic mass is 10.1. The van der Waals surface area contributed by atoms with E-state index < -0.39 is 17.7 Å². The molecule has 2 heterocycles. The van der Waals surface area contributed by atoms with Crippen molar-refractivity contribution in [1.82, 2.24) is 19.6 Å². The van der Waals surface area contributed by atoms with Crippen LogP contribution in [0.1, 0.15) is 15.9 Å². The highest BCUT2D eigenvalue weighted by molar-refractivity contribution is 6.08. The maximum atomic E-state index is 12.8. The lowest BCUT2D eigenvalue weighted by Gasteiger charge is -2.09.